The van der Waals surface area contributed by atoms with Crippen molar-refractivity contribution in [3.05, 3.63) is 38.4 Å². The van der Waals surface area contributed by atoms with Gasteiger partial charge in [0.05, 0.1) is 17.4 Å². The molecule has 1 saturated heterocycles. The van der Waals surface area contributed by atoms with Gasteiger partial charge in [0.15, 0.2) is 0 Å². The smallest absolute Gasteiger partial charge is 0.255 e. The number of thiophene rings is 1. The highest BCUT2D eigenvalue weighted by molar-refractivity contribution is 7.10. The van der Waals surface area contributed by atoms with E-state index >= 15 is 0 Å². The van der Waals surface area contributed by atoms with Crippen LogP contribution in [0, 0.1) is 13.8 Å². The summed E-state index contributed by atoms with van der Waals surface area (Å²) in [6.07, 6.45) is 3.15. The van der Waals surface area contributed by atoms with Crippen LogP contribution in [0.2, 0.25) is 0 Å². The molecule has 4 heterocycles. The molecule has 0 aliphatic carbocycles. The molecule has 2 aromatic heterocycles. The number of methoxy groups -OCH3 is 1. The van der Waals surface area contributed by atoms with Gasteiger partial charge in [0.2, 0.25) is 0 Å². The number of rotatable bonds is 4. The molecule has 2 aliphatic heterocycles. The minimum Gasteiger partial charge on any atom is -0.380 e. The summed E-state index contributed by atoms with van der Waals surface area (Å²) in [7, 11) is 1.73. The molecular weight excluding hydrogens is 362 g/mol. The van der Waals surface area contributed by atoms with Gasteiger partial charge in [-0.05, 0) is 38.7 Å². The first-order valence-corrected chi connectivity index (χ1v) is 10.5. The third kappa shape index (κ3) is 3.68. The predicted octanol–water partition coefficient (Wildman–Crippen LogP) is 3.16. The third-order valence-corrected chi connectivity index (χ3v) is 6.83. The molecule has 1 atom stereocenters. The number of nitrogens with zero attached hydrogens (tertiary/aromatic N) is 3. The van der Waals surface area contributed by atoms with E-state index in [1.165, 1.54) is 16.0 Å². The molecule has 27 heavy (non-hydrogen) atoms. The number of hydrogen-bond donors (Lipinski definition) is 0. The van der Waals surface area contributed by atoms with Crippen molar-refractivity contribution < 1.29 is 14.1 Å². The average molecular weight is 390 g/mol. The van der Waals surface area contributed by atoms with Crippen molar-refractivity contribution in [2.24, 2.45) is 0 Å². The lowest BCUT2D eigenvalue weighted by Crippen LogP contribution is -2.43. The SMILES string of the molecule is CO[C@H]1CCCN(C(=O)c2csc3c2CCN(Cc2c(C)noc2C)C3)C1. The van der Waals surface area contributed by atoms with Crippen molar-refractivity contribution in [3.63, 3.8) is 0 Å². The van der Waals surface area contributed by atoms with Crippen LogP contribution in [-0.2, 0) is 24.2 Å². The number of carbonyl (C=O) groups excluding carboxylic acids is 1. The number of likely N-dealkylation sites (tertiary alicyclic amines) is 1. The van der Waals surface area contributed by atoms with E-state index in [9.17, 15) is 4.79 Å². The average Bonchev–Trinajstić information content (AvgIpc) is 3.25. The Kier molecular flexibility index (Phi) is 5.34. The monoisotopic (exact) mass is 389 g/mol. The van der Waals surface area contributed by atoms with E-state index in [0.717, 1.165) is 62.5 Å². The predicted molar refractivity (Wildman–Crippen MR) is 104 cm³/mol. The van der Waals surface area contributed by atoms with Crippen molar-refractivity contribution in [2.75, 3.05) is 26.7 Å². The molecule has 6 nitrogen and oxygen atoms in total. The van der Waals surface area contributed by atoms with Crippen LogP contribution in [0.15, 0.2) is 9.90 Å². The molecule has 0 radical (unpaired) electrons. The van der Waals surface area contributed by atoms with Crippen LogP contribution in [0.3, 0.4) is 0 Å². The maximum Gasteiger partial charge on any atom is 0.255 e. The zero-order chi connectivity index (χ0) is 19.0. The molecule has 2 aromatic rings. The van der Waals surface area contributed by atoms with E-state index in [1.54, 1.807) is 18.4 Å². The number of fused-ring (bicyclic) bond motifs is 1. The molecule has 2 aliphatic rings. The second kappa shape index (κ2) is 7.73. The first-order valence-electron chi connectivity index (χ1n) is 9.62. The number of amides is 1. The Morgan fingerprint density at radius 1 is 1.41 bits per heavy atom. The van der Waals surface area contributed by atoms with Crippen molar-refractivity contribution in [2.45, 2.75) is 52.3 Å². The highest BCUT2D eigenvalue weighted by atomic mass is 32.1. The van der Waals surface area contributed by atoms with Gasteiger partial charge in [0.25, 0.3) is 5.91 Å². The summed E-state index contributed by atoms with van der Waals surface area (Å²) >= 11 is 1.72. The number of aryl methyl sites for hydroxylation is 2. The van der Waals surface area contributed by atoms with Crippen molar-refractivity contribution in [1.29, 1.82) is 0 Å². The summed E-state index contributed by atoms with van der Waals surface area (Å²) in [6.45, 7) is 8.20. The fraction of sp³-hybridized carbons (Fsp3) is 0.600. The second-order valence-corrected chi connectivity index (χ2v) is 8.53. The lowest BCUT2D eigenvalue weighted by molar-refractivity contribution is 0.0268. The molecule has 0 unspecified atom stereocenters. The minimum atomic E-state index is 0.169. The fourth-order valence-electron chi connectivity index (χ4n) is 4.13. The van der Waals surface area contributed by atoms with Crippen LogP contribution in [0.4, 0.5) is 0 Å². The molecule has 0 saturated carbocycles. The van der Waals surface area contributed by atoms with Crippen LogP contribution in [-0.4, -0.2) is 53.7 Å². The van der Waals surface area contributed by atoms with Gasteiger partial charge in [-0.2, -0.15) is 0 Å². The Morgan fingerprint density at radius 2 is 2.26 bits per heavy atom. The topological polar surface area (TPSA) is 58.8 Å². The van der Waals surface area contributed by atoms with E-state index in [0.29, 0.717) is 6.54 Å². The van der Waals surface area contributed by atoms with Gasteiger partial charge >= 0.3 is 0 Å². The number of carbonyl (C=O) groups is 1. The molecule has 0 aromatic carbocycles. The minimum absolute atomic E-state index is 0.169. The summed E-state index contributed by atoms with van der Waals surface area (Å²) in [5.74, 6) is 1.08. The summed E-state index contributed by atoms with van der Waals surface area (Å²) in [5, 5.41) is 6.12. The van der Waals surface area contributed by atoms with Crippen molar-refractivity contribution in [3.8, 4) is 0 Å². The molecule has 146 valence electrons. The molecule has 7 heteroatoms. The molecule has 1 fully saturated rings. The van der Waals surface area contributed by atoms with Crippen LogP contribution < -0.4 is 0 Å². The highest BCUT2D eigenvalue weighted by Gasteiger charge is 2.29. The second-order valence-electron chi connectivity index (χ2n) is 7.57. The summed E-state index contributed by atoms with van der Waals surface area (Å²) in [6, 6.07) is 0. The van der Waals surface area contributed by atoms with Gasteiger partial charge in [-0.3, -0.25) is 9.69 Å². The number of hydrogen-bond acceptors (Lipinski definition) is 6. The zero-order valence-electron chi connectivity index (χ0n) is 16.3. The number of ether oxygens (including phenoxy) is 1. The quantitative estimate of drug-likeness (QED) is 0.804. The highest BCUT2D eigenvalue weighted by Crippen LogP contribution is 2.31. The van der Waals surface area contributed by atoms with Gasteiger partial charge in [0.1, 0.15) is 5.76 Å². The molecule has 0 spiro atoms. The Labute approximate surface area is 164 Å². The number of piperidine rings is 1. The Bertz CT molecular complexity index is 809. The summed E-state index contributed by atoms with van der Waals surface area (Å²) < 4.78 is 10.8. The molecule has 4 rings (SSSR count). The van der Waals surface area contributed by atoms with Gasteiger partial charge in [-0.15, -0.1) is 11.3 Å². The third-order valence-electron chi connectivity index (χ3n) is 5.82. The summed E-state index contributed by atoms with van der Waals surface area (Å²) in [4.78, 5) is 18.8. The first-order chi connectivity index (χ1) is 13.1. The molecule has 0 bridgehead atoms. The molecule has 0 N–H and O–H groups in total. The fourth-order valence-corrected chi connectivity index (χ4v) is 5.25. The van der Waals surface area contributed by atoms with Crippen molar-refractivity contribution in [1.82, 2.24) is 15.0 Å². The normalized spacial score (nSPS) is 20.7. The van der Waals surface area contributed by atoms with Gasteiger partial charge < -0.3 is 14.2 Å². The van der Waals surface area contributed by atoms with E-state index in [-0.39, 0.29) is 12.0 Å². The Hall–Kier alpha value is -1.70. The van der Waals surface area contributed by atoms with Crippen LogP contribution >= 0.6 is 11.3 Å². The lowest BCUT2D eigenvalue weighted by atomic mass is 10.0. The van der Waals surface area contributed by atoms with Crippen LogP contribution in [0.1, 0.15) is 50.7 Å². The van der Waals surface area contributed by atoms with E-state index in [1.807, 2.05) is 18.7 Å². The van der Waals surface area contributed by atoms with E-state index in [4.69, 9.17) is 9.26 Å². The standard InChI is InChI=1S/C20H27N3O3S/c1-13-17(14(2)26-21-13)10-22-8-6-16-18(12-27-19(16)11-22)20(24)23-7-4-5-15(9-23)25-3/h12,15H,4-11H2,1-3H3/t15-/m0/s1. The van der Waals surface area contributed by atoms with Gasteiger partial charge in [0, 0.05) is 55.7 Å². The summed E-state index contributed by atoms with van der Waals surface area (Å²) in [5.41, 5.74) is 4.31. The van der Waals surface area contributed by atoms with Gasteiger partial charge in [-0.1, -0.05) is 5.16 Å². The Morgan fingerprint density at radius 3 is 3.00 bits per heavy atom. The molecule has 1 amide bonds. The first kappa shape index (κ1) is 18.7. The van der Waals surface area contributed by atoms with Crippen molar-refractivity contribution >= 4 is 17.2 Å². The number of aromatic nitrogens is 1. The zero-order valence-corrected chi connectivity index (χ0v) is 17.1. The maximum absolute atomic E-state index is 13.1. The lowest BCUT2D eigenvalue weighted by Gasteiger charge is -2.32. The molecular formula is C20H27N3O3S. The largest absolute Gasteiger partial charge is 0.380 e. The van der Waals surface area contributed by atoms with E-state index in [2.05, 4.69) is 15.4 Å². The van der Waals surface area contributed by atoms with Crippen LogP contribution in [0.5, 0.6) is 0 Å². The van der Waals surface area contributed by atoms with E-state index < -0.39 is 0 Å². The maximum atomic E-state index is 13.1. The Balaban J connectivity index is 1.46. The van der Waals surface area contributed by atoms with Gasteiger partial charge in [-0.25, -0.2) is 0 Å². The van der Waals surface area contributed by atoms with Crippen LogP contribution in [0.25, 0.3) is 0 Å².